The molecule has 1 N–H and O–H groups in total. The quantitative estimate of drug-likeness (QED) is 0.820. The van der Waals surface area contributed by atoms with Gasteiger partial charge in [-0.25, -0.2) is 4.79 Å². The summed E-state index contributed by atoms with van der Waals surface area (Å²) in [5.41, 5.74) is 1.19. The van der Waals surface area contributed by atoms with Gasteiger partial charge < -0.3 is 10.0 Å². The number of ketones is 1. The maximum Gasteiger partial charge on any atom is 0.329 e. The van der Waals surface area contributed by atoms with Gasteiger partial charge >= 0.3 is 5.97 Å². The van der Waals surface area contributed by atoms with Gasteiger partial charge in [-0.3, -0.25) is 9.59 Å². The second kappa shape index (κ2) is 6.73. The number of benzene rings is 1. The SMILES string of the molecule is Cc1ccc(C)c(C(=O)CCC(=O)N(C)C(C)(C)C(=O)O)c1. The largest absolute Gasteiger partial charge is 0.480 e. The van der Waals surface area contributed by atoms with Crippen molar-refractivity contribution in [1.29, 1.82) is 0 Å². The molecule has 0 heterocycles. The van der Waals surface area contributed by atoms with E-state index in [2.05, 4.69) is 0 Å². The van der Waals surface area contributed by atoms with Crippen LogP contribution in [-0.2, 0) is 9.59 Å². The molecule has 5 nitrogen and oxygen atoms in total. The molecule has 1 aromatic carbocycles. The number of aliphatic carboxylic acids is 1. The van der Waals surface area contributed by atoms with Crippen molar-refractivity contribution in [2.24, 2.45) is 0 Å². The predicted octanol–water partition coefficient (Wildman–Crippen LogP) is 2.59. The lowest BCUT2D eigenvalue weighted by molar-refractivity contribution is -0.155. The Morgan fingerprint density at radius 3 is 2.27 bits per heavy atom. The number of Topliss-reactive ketones (excluding diaryl/α,β-unsaturated/α-hetero) is 1. The van der Waals surface area contributed by atoms with Crippen molar-refractivity contribution in [2.45, 2.75) is 46.1 Å². The first-order valence-corrected chi connectivity index (χ1v) is 7.18. The summed E-state index contributed by atoms with van der Waals surface area (Å²) in [5.74, 6) is -1.54. The summed E-state index contributed by atoms with van der Waals surface area (Å²) in [5, 5.41) is 9.12. The molecule has 1 rings (SSSR count). The molecule has 120 valence electrons. The Bertz CT molecular complexity index is 605. The molecule has 0 aliphatic carbocycles. The van der Waals surface area contributed by atoms with Crippen molar-refractivity contribution in [2.75, 3.05) is 7.05 Å². The van der Waals surface area contributed by atoms with E-state index in [1.54, 1.807) is 0 Å². The fourth-order valence-electron chi connectivity index (χ4n) is 2.01. The van der Waals surface area contributed by atoms with Gasteiger partial charge in [-0.2, -0.15) is 0 Å². The van der Waals surface area contributed by atoms with Gasteiger partial charge in [0.25, 0.3) is 0 Å². The molecule has 0 fully saturated rings. The molecule has 0 bridgehead atoms. The molecule has 0 aliphatic rings. The zero-order valence-corrected chi connectivity index (χ0v) is 13.8. The molecule has 0 atom stereocenters. The van der Waals surface area contributed by atoms with E-state index in [1.807, 2.05) is 32.0 Å². The minimum atomic E-state index is -1.29. The van der Waals surface area contributed by atoms with Crippen LogP contribution < -0.4 is 0 Å². The lowest BCUT2D eigenvalue weighted by Crippen LogP contribution is -2.50. The normalized spacial score (nSPS) is 11.1. The molecule has 1 aromatic rings. The third-order valence-electron chi connectivity index (χ3n) is 4.00. The van der Waals surface area contributed by atoms with E-state index in [4.69, 9.17) is 5.11 Å². The average Bonchev–Trinajstić information content (AvgIpc) is 2.45. The summed E-state index contributed by atoms with van der Waals surface area (Å²) in [7, 11) is 1.44. The maximum atomic E-state index is 12.2. The Morgan fingerprint density at radius 2 is 1.73 bits per heavy atom. The van der Waals surface area contributed by atoms with Crippen LogP contribution in [0.2, 0.25) is 0 Å². The Kier molecular flexibility index (Phi) is 5.47. The highest BCUT2D eigenvalue weighted by Crippen LogP contribution is 2.17. The van der Waals surface area contributed by atoms with E-state index in [1.165, 1.54) is 25.8 Å². The number of rotatable bonds is 6. The zero-order chi connectivity index (χ0) is 17.1. The number of carbonyl (C=O) groups is 3. The topological polar surface area (TPSA) is 74.7 Å². The standard InChI is InChI=1S/C17H23NO4/c1-11-6-7-12(2)13(10-11)14(19)8-9-15(20)18(5)17(3,4)16(21)22/h6-7,10H,8-9H2,1-5H3,(H,21,22). The summed E-state index contributed by atoms with van der Waals surface area (Å²) in [6.07, 6.45) is 0.0720. The molecular formula is C17H23NO4. The molecule has 0 spiro atoms. The Labute approximate surface area is 130 Å². The molecule has 1 amide bonds. The smallest absolute Gasteiger partial charge is 0.329 e. The van der Waals surface area contributed by atoms with Crippen LogP contribution in [0, 0.1) is 13.8 Å². The van der Waals surface area contributed by atoms with Crippen molar-refractivity contribution in [3.8, 4) is 0 Å². The van der Waals surface area contributed by atoms with Gasteiger partial charge in [-0.15, -0.1) is 0 Å². The number of hydrogen-bond donors (Lipinski definition) is 1. The molecular weight excluding hydrogens is 282 g/mol. The van der Waals surface area contributed by atoms with E-state index in [0.717, 1.165) is 11.1 Å². The van der Waals surface area contributed by atoms with Gasteiger partial charge in [0.15, 0.2) is 5.78 Å². The number of aryl methyl sites for hydroxylation is 2. The second-order valence-electron chi connectivity index (χ2n) is 6.06. The van der Waals surface area contributed by atoms with Crippen LogP contribution in [0.4, 0.5) is 0 Å². The van der Waals surface area contributed by atoms with Crippen LogP contribution in [0.3, 0.4) is 0 Å². The number of likely N-dealkylation sites (N-methyl/N-ethyl adjacent to an activating group) is 1. The molecule has 0 radical (unpaired) electrons. The first-order valence-electron chi connectivity index (χ1n) is 7.18. The van der Waals surface area contributed by atoms with Crippen LogP contribution in [0.5, 0.6) is 0 Å². The van der Waals surface area contributed by atoms with Crippen LogP contribution in [0.15, 0.2) is 18.2 Å². The van der Waals surface area contributed by atoms with Crippen molar-refractivity contribution in [3.63, 3.8) is 0 Å². The number of carboxylic acid groups (broad SMARTS) is 1. The van der Waals surface area contributed by atoms with E-state index in [9.17, 15) is 14.4 Å². The monoisotopic (exact) mass is 305 g/mol. The highest BCUT2D eigenvalue weighted by Gasteiger charge is 2.35. The molecule has 0 saturated heterocycles. The van der Waals surface area contributed by atoms with Gasteiger partial charge in [0, 0.05) is 25.5 Å². The van der Waals surface area contributed by atoms with Gasteiger partial charge in [-0.1, -0.05) is 17.7 Å². The number of hydrogen-bond acceptors (Lipinski definition) is 3. The number of nitrogens with zero attached hydrogens (tertiary/aromatic N) is 1. The van der Waals surface area contributed by atoms with Crippen LogP contribution >= 0.6 is 0 Å². The van der Waals surface area contributed by atoms with E-state index >= 15 is 0 Å². The Hall–Kier alpha value is -2.17. The fourth-order valence-corrected chi connectivity index (χ4v) is 2.01. The van der Waals surface area contributed by atoms with Gasteiger partial charge in [0.05, 0.1) is 0 Å². The summed E-state index contributed by atoms with van der Waals surface area (Å²) < 4.78 is 0. The highest BCUT2D eigenvalue weighted by molar-refractivity contribution is 5.99. The van der Waals surface area contributed by atoms with E-state index in [0.29, 0.717) is 5.56 Å². The Morgan fingerprint density at radius 1 is 1.14 bits per heavy atom. The average molecular weight is 305 g/mol. The first kappa shape index (κ1) is 17.9. The van der Waals surface area contributed by atoms with Gasteiger partial charge in [0.2, 0.25) is 5.91 Å². The lowest BCUT2D eigenvalue weighted by Gasteiger charge is -2.31. The summed E-state index contributed by atoms with van der Waals surface area (Å²) in [6, 6.07) is 5.62. The fraction of sp³-hybridized carbons (Fsp3) is 0.471. The molecule has 0 aromatic heterocycles. The summed E-state index contributed by atoms with van der Waals surface area (Å²) in [4.78, 5) is 36.7. The number of carbonyl (C=O) groups excluding carboxylic acids is 2. The highest BCUT2D eigenvalue weighted by atomic mass is 16.4. The number of amides is 1. The van der Waals surface area contributed by atoms with E-state index in [-0.39, 0.29) is 24.5 Å². The van der Waals surface area contributed by atoms with Crippen molar-refractivity contribution >= 4 is 17.7 Å². The third-order valence-corrected chi connectivity index (χ3v) is 4.00. The Balaban J connectivity index is 2.74. The van der Waals surface area contributed by atoms with Crippen LogP contribution in [0.25, 0.3) is 0 Å². The molecule has 22 heavy (non-hydrogen) atoms. The van der Waals surface area contributed by atoms with Crippen LogP contribution in [0.1, 0.15) is 48.2 Å². The third kappa shape index (κ3) is 3.93. The molecule has 0 aliphatic heterocycles. The molecule has 0 unspecified atom stereocenters. The first-order chi connectivity index (χ1) is 10.1. The van der Waals surface area contributed by atoms with Crippen LogP contribution in [-0.4, -0.2) is 40.3 Å². The lowest BCUT2D eigenvalue weighted by atomic mass is 9.98. The van der Waals surface area contributed by atoms with Gasteiger partial charge in [0.1, 0.15) is 5.54 Å². The molecule has 0 saturated carbocycles. The minimum Gasteiger partial charge on any atom is -0.480 e. The van der Waals surface area contributed by atoms with Crippen molar-refractivity contribution in [3.05, 3.63) is 34.9 Å². The predicted molar refractivity (Wildman–Crippen MR) is 84.0 cm³/mol. The van der Waals surface area contributed by atoms with Crippen molar-refractivity contribution in [1.82, 2.24) is 4.90 Å². The van der Waals surface area contributed by atoms with Gasteiger partial charge in [-0.05, 0) is 39.3 Å². The maximum absolute atomic E-state index is 12.2. The van der Waals surface area contributed by atoms with E-state index < -0.39 is 11.5 Å². The molecule has 5 heteroatoms. The zero-order valence-electron chi connectivity index (χ0n) is 13.8. The summed E-state index contributed by atoms with van der Waals surface area (Å²) in [6.45, 7) is 6.68. The summed E-state index contributed by atoms with van der Waals surface area (Å²) >= 11 is 0. The second-order valence-corrected chi connectivity index (χ2v) is 6.06. The number of carboxylic acids is 1. The van der Waals surface area contributed by atoms with Crippen molar-refractivity contribution < 1.29 is 19.5 Å². The minimum absolute atomic E-state index is 0.000570.